The lowest BCUT2D eigenvalue weighted by molar-refractivity contribution is -0.119. The van der Waals surface area contributed by atoms with Crippen LogP contribution in [-0.4, -0.2) is 41.4 Å². The van der Waals surface area contributed by atoms with Crippen molar-refractivity contribution in [3.05, 3.63) is 59.2 Å². The van der Waals surface area contributed by atoms with E-state index in [1.54, 1.807) is 13.8 Å². The molecule has 0 radical (unpaired) electrons. The van der Waals surface area contributed by atoms with Crippen LogP contribution < -0.4 is 5.32 Å². The number of sulfonamides is 1. The fraction of sp³-hybridized carbons (Fsp3) is 0.318. The van der Waals surface area contributed by atoms with E-state index in [0.29, 0.717) is 45.5 Å². The monoisotopic (exact) mass is 456 g/mol. The standard InChI is InChI=1S/C22H24N4O3S2/c1-14-12-15(2)19(16(3)13-14)31(28,29)26-11-7-10-18(26)20(27)23-22-25-24-21(30-22)17-8-5-4-6-9-17/h4-6,8-9,12-13,18H,7,10-11H2,1-3H3,(H,23,25,27)/t18-/m1/s1. The van der Waals surface area contributed by atoms with E-state index in [-0.39, 0.29) is 5.91 Å². The molecular weight excluding hydrogens is 432 g/mol. The predicted molar refractivity (Wildman–Crippen MR) is 122 cm³/mol. The first-order chi connectivity index (χ1) is 14.8. The minimum Gasteiger partial charge on any atom is -0.299 e. The van der Waals surface area contributed by atoms with Crippen molar-refractivity contribution in [3.8, 4) is 10.6 Å². The summed E-state index contributed by atoms with van der Waals surface area (Å²) in [5, 5.41) is 12.0. The van der Waals surface area contributed by atoms with Gasteiger partial charge in [0.2, 0.25) is 21.1 Å². The topological polar surface area (TPSA) is 92.3 Å². The van der Waals surface area contributed by atoms with Crippen molar-refractivity contribution in [1.29, 1.82) is 0 Å². The third-order valence-corrected chi connectivity index (χ3v) is 8.46. The van der Waals surface area contributed by atoms with Crippen molar-refractivity contribution < 1.29 is 13.2 Å². The molecule has 1 aromatic heterocycles. The second kappa shape index (κ2) is 8.49. The fourth-order valence-corrected chi connectivity index (χ4v) is 6.96. The fourth-order valence-electron chi connectivity index (χ4n) is 4.14. The number of anilines is 1. The molecular formula is C22H24N4O3S2. The molecule has 1 aliphatic rings. The van der Waals surface area contributed by atoms with E-state index in [2.05, 4.69) is 15.5 Å². The highest BCUT2D eigenvalue weighted by molar-refractivity contribution is 7.89. The number of aryl methyl sites for hydroxylation is 3. The van der Waals surface area contributed by atoms with E-state index in [9.17, 15) is 13.2 Å². The van der Waals surface area contributed by atoms with Gasteiger partial charge in [0.15, 0.2) is 0 Å². The molecule has 4 rings (SSSR count). The van der Waals surface area contributed by atoms with Crippen molar-refractivity contribution in [3.63, 3.8) is 0 Å². The Bertz CT molecular complexity index is 1200. The van der Waals surface area contributed by atoms with Gasteiger partial charge in [0.05, 0.1) is 4.90 Å². The zero-order valence-electron chi connectivity index (χ0n) is 17.6. The van der Waals surface area contributed by atoms with Crippen molar-refractivity contribution in [2.45, 2.75) is 44.6 Å². The summed E-state index contributed by atoms with van der Waals surface area (Å²) in [5.74, 6) is -0.376. The number of rotatable bonds is 5. The second-order valence-corrected chi connectivity index (χ2v) is 10.6. The van der Waals surface area contributed by atoms with E-state index in [4.69, 9.17) is 0 Å². The van der Waals surface area contributed by atoms with Gasteiger partial charge in [0, 0.05) is 12.1 Å². The summed E-state index contributed by atoms with van der Waals surface area (Å²) in [6.07, 6.45) is 1.10. The van der Waals surface area contributed by atoms with Gasteiger partial charge in [-0.05, 0) is 44.7 Å². The normalized spacial score (nSPS) is 17.1. The average molecular weight is 457 g/mol. The summed E-state index contributed by atoms with van der Waals surface area (Å²) < 4.78 is 28.3. The molecule has 1 saturated heterocycles. The van der Waals surface area contributed by atoms with Gasteiger partial charge < -0.3 is 0 Å². The van der Waals surface area contributed by atoms with Crippen molar-refractivity contribution >= 4 is 32.4 Å². The lowest BCUT2D eigenvalue weighted by atomic mass is 10.1. The van der Waals surface area contributed by atoms with E-state index in [0.717, 1.165) is 11.1 Å². The van der Waals surface area contributed by atoms with Gasteiger partial charge in [0.1, 0.15) is 11.0 Å². The van der Waals surface area contributed by atoms with Gasteiger partial charge in [-0.15, -0.1) is 10.2 Å². The minimum atomic E-state index is -3.80. The third-order valence-electron chi connectivity index (χ3n) is 5.35. The van der Waals surface area contributed by atoms with Gasteiger partial charge in [-0.1, -0.05) is 59.4 Å². The number of amides is 1. The highest BCUT2D eigenvalue weighted by atomic mass is 32.2. The maximum absolute atomic E-state index is 13.5. The maximum Gasteiger partial charge on any atom is 0.244 e. The quantitative estimate of drug-likeness (QED) is 0.628. The van der Waals surface area contributed by atoms with Crippen LogP contribution in [0.15, 0.2) is 47.4 Å². The second-order valence-electron chi connectivity index (χ2n) is 7.77. The first kappa shape index (κ1) is 21.6. The number of hydrogen-bond donors (Lipinski definition) is 1. The maximum atomic E-state index is 13.5. The Balaban J connectivity index is 1.56. The molecule has 1 aliphatic heterocycles. The van der Waals surface area contributed by atoms with E-state index in [1.807, 2.05) is 49.4 Å². The van der Waals surface area contributed by atoms with Crippen molar-refractivity contribution in [2.24, 2.45) is 0 Å². The van der Waals surface area contributed by atoms with Crippen LogP contribution >= 0.6 is 11.3 Å². The van der Waals surface area contributed by atoms with E-state index >= 15 is 0 Å². The van der Waals surface area contributed by atoms with Crippen molar-refractivity contribution in [1.82, 2.24) is 14.5 Å². The summed E-state index contributed by atoms with van der Waals surface area (Å²) in [6, 6.07) is 12.5. The molecule has 0 spiro atoms. The first-order valence-corrected chi connectivity index (χ1v) is 12.3. The molecule has 2 heterocycles. The summed E-state index contributed by atoms with van der Waals surface area (Å²) >= 11 is 1.26. The van der Waals surface area contributed by atoms with Gasteiger partial charge in [-0.3, -0.25) is 10.1 Å². The van der Waals surface area contributed by atoms with Gasteiger partial charge in [0.25, 0.3) is 0 Å². The summed E-state index contributed by atoms with van der Waals surface area (Å²) in [5.41, 5.74) is 3.31. The molecule has 3 aromatic rings. The van der Waals surface area contributed by atoms with Crippen LogP contribution in [-0.2, 0) is 14.8 Å². The van der Waals surface area contributed by atoms with Crippen molar-refractivity contribution in [2.75, 3.05) is 11.9 Å². The lowest BCUT2D eigenvalue weighted by Gasteiger charge is -2.25. The molecule has 1 atom stereocenters. The van der Waals surface area contributed by atoms with Crippen LogP contribution in [0.5, 0.6) is 0 Å². The Labute approximate surface area is 186 Å². The number of aromatic nitrogens is 2. The molecule has 162 valence electrons. The van der Waals surface area contributed by atoms with Gasteiger partial charge in [-0.2, -0.15) is 4.31 Å². The molecule has 1 N–H and O–H groups in total. The third kappa shape index (κ3) is 4.26. The van der Waals surface area contributed by atoms with E-state index in [1.165, 1.54) is 15.6 Å². The van der Waals surface area contributed by atoms with Crippen LogP contribution in [0.3, 0.4) is 0 Å². The molecule has 7 nitrogen and oxygen atoms in total. The lowest BCUT2D eigenvalue weighted by Crippen LogP contribution is -2.43. The molecule has 0 aliphatic carbocycles. The molecule has 0 unspecified atom stereocenters. The number of benzene rings is 2. The van der Waals surface area contributed by atoms with Gasteiger partial charge in [-0.25, -0.2) is 8.42 Å². The van der Waals surface area contributed by atoms with Crippen LogP contribution in [0.2, 0.25) is 0 Å². The minimum absolute atomic E-state index is 0.292. The molecule has 1 amide bonds. The molecule has 31 heavy (non-hydrogen) atoms. The Kier molecular flexibility index (Phi) is 5.92. The Hall–Kier alpha value is -2.62. The zero-order valence-corrected chi connectivity index (χ0v) is 19.3. The van der Waals surface area contributed by atoms with Gasteiger partial charge >= 0.3 is 0 Å². The summed E-state index contributed by atoms with van der Waals surface area (Å²) in [4.78, 5) is 13.3. The number of hydrogen-bond acceptors (Lipinski definition) is 6. The summed E-state index contributed by atoms with van der Waals surface area (Å²) in [6.45, 7) is 5.85. The largest absolute Gasteiger partial charge is 0.299 e. The van der Waals surface area contributed by atoms with E-state index < -0.39 is 16.1 Å². The highest BCUT2D eigenvalue weighted by Crippen LogP contribution is 2.32. The molecule has 9 heteroatoms. The number of carbonyl (C=O) groups excluding carboxylic acids is 1. The molecule has 1 fully saturated rings. The Morgan fingerprint density at radius 3 is 2.45 bits per heavy atom. The Morgan fingerprint density at radius 2 is 1.77 bits per heavy atom. The smallest absolute Gasteiger partial charge is 0.244 e. The average Bonchev–Trinajstić information content (AvgIpc) is 3.37. The SMILES string of the molecule is Cc1cc(C)c(S(=O)(=O)N2CCC[C@@H]2C(=O)Nc2nnc(-c3ccccc3)s2)c(C)c1. The number of carbonyl (C=O) groups is 1. The zero-order chi connectivity index (χ0) is 22.2. The van der Waals surface area contributed by atoms with Crippen LogP contribution in [0, 0.1) is 20.8 Å². The highest BCUT2D eigenvalue weighted by Gasteiger charge is 2.40. The summed E-state index contributed by atoms with van der Waals surface area (Å²) in [7, 11) is -3.80. The predicted octanol–water partition coefficient (Wildman–Crippen LogP) is 3.92. The number of nitrogens with one attached hydrogen (secondary N) is 1. The first-order valence-electron chi connectivity index (χ1n) is 10.1. The van der Waals surface area contributed by atoms with Crippen LogP contribution in [0.25, 0.3) is 10.6 Å². The number of nitrogens with zero attached hydrogens (tertiary/aromatic N) is 3. The molecule has 2 aromatic carbocycles. The van der Waals surface area contributed by atoms with Crippen LogP contribution in [0.4, 0.5) is 5.13 Å². The molecule has 0 saturated carbocycles. The Morgan fingerprint density at radius 1 is 1.10 bits per heavy atom. The van der Waals surface area contributed by atoms with Crippen LogP contribution in [0.1, 0.15) is 29.5 Å². The molecule has 0 bridgehead atoms.